The largest absolute Gasteiger partial charge is 0.357 e. The molecule has 0 N–H and O–H groups in total. The quantitative estimate of drug-likeness (QED) is 0.725. The van der Waals surface area contributed by atoms with Gasteiger partial charge in [-0.1, -0.05) is 0 Å². The number of hydrogen-bond acceptors (Lipinski definition) is 6. The van der Waals surface area contributed by atoms with Crippen LogP contribution in [-0.2, 0) is 0 Å². The van der Waals surface area contributed by atoms with Crippen LogP contribution in [0, 0.1) is 0 Å². The number of thioether (sulfide) groups is 1. The van der Waals surface area contributed by atoms with E-state index < -0.39 is 0 Å². The molecule has 20 heavy (non-hydrogen) atoms. The van der Waals surface area contributed by atoms with E-state index in [1.54, 1.807) is 11.3 Å². The molecule has 104 valence electrons. The van der Waals surface area contributed by atoms with Gasteiger partial charge in [0.1, 0.15) is 5.82 Å². The maximum atomic E-state index is 4.66. The zero-order chi connectivity index (χ0) is 13.9. The molecule has 3 aromatic rings. The minimum absolute atomic E-state index is 0.771. The second-order valence-electron chi connectivity index (χ2n) is 4.41. The van der Waals surface area contributed by atoms with Crippen molar-refractivity contribution in [1.82, 2.24) is 19.8 Å². The Labute approximate surface area is 125 Å². The summed E-state index contributed by atoms with van der Waals surface area (Å²) in [5.74, 6) is 2.81. The second kappa shape index (κ2) is 5.80. The lowest BCUT2D eigenvalue weighted by atomic mass is 10.3. The van der Waals surface area contributed by atoms with Gasteiger partial charge in [-0.25, -0.2) is 0 Å². The SMILES string of the molecule is CSCCN(C)c1ccc2nnc(-c3ccsc3)n2n1. The van der Waals surface area contributed by atoms with Crippen LogP contribution in [0.2, 0.25) is 0 Å². The highest BCUT2D eigenvalue weighted by Crippen LogP contribution is 2.21. The first-order chi connectivity index (χ1) is 9.79. The van der Waals surface area contributed by atoms with E-state index in [9.17, 15) is 0 Å². The Balaban J connectivity index is 1.99. The molecule has 3 aromatic heterocycles. The normalized spacial score (nSPS) is 11.1. The topological polar surface area (TPSA) is 46.3 Å². The highest BCUT2D eigenvalue weighted by atomic mass is 32.2. The van der Waals surface area contributed by atoms with Crippen molar-refractivity contribution in [3.8, 4) is 11.4 Å². The predicted octanol–water partition coefficient (Wildman–Crippen LogP) is 2.65. The molecule has 0 bridgehead atoms. The van der Waals surface area contributed by atoms with E-state index in [2.05, 4.69) is 38.9 Å². The van der Waals surface area contributed by atoms with Gasteiger partial charge in [0.15, 0.2) is 11.5 Å². The predicted molar refractivity (Wildman–Crippen MR) is 85.7 cm³/mol. The average Bonchev–Trinajstić information content (AvgIpc) is 3.12. The number of anilines is 1. The van der Waals surface area contributed by atoms with Crippen molar-refractivity contribution in [2.75, 3.05) is 30.5 Å². The maximum Gasteiger partial charge on any atom is 0.186 e. The van der Waals surface area contributed by atoms with Gasteiger partial charge in [-0.05, 0) is 29.8 Å². The van der Waals surface area contributed by atoms with Crippen molar-refractivity contribution < 1.29 is 0 Å². The van der Waals surface area contributed by atoms with Gasteiger partial charge in [0.25, 0.3) is 0 Å². The summed E-state index contributed by atoms with van der Waals surface area (Å²) in [5.41, 5.74) is 1.83. The first-order valence-electron chi connectivity index (χ1n) is 6.24. The van der Waals surface area contributed by atoms with Crippen molar-refractivity contribution in [3.05, 3.63) is 29.0 Å². The fraction of sp³-hybridized carbons (Fsp3) is 0.308. The number of aromatic nitrogens is 4. The molecule has 0 saturated carbocycles. The zero-order valence-electron chi connectivity index (χ0n) is 11.4. The molecule has 0 amide bonds. The number of thiophene rings is 1. The molecule has 0 spiro atoms. The molecule has 0 aliphatic rings. The molecule has 0 aromatic carbocycles. The van der Waals surface area contributed by atoms with E-state index in [0.717, 1.165) is 35.2 Å². The van der Waals surface area contributed by atoms with Crippen LogP contribution in [0.1, 0.15) is 0 Å². The van der Waals surface area contributed by atoms with Gasteiger partial charge in [-0.2, -0.15) is 27.6 Å². The second-order valence-corrected chi connectivity index (χ2v) is 6.18. The summed E-state index contributed by atoms with van der Waals surface area (Å²) in [4.78, 5) is 2.15. The van der Waals surface area contributed by atoms with Gasteiger partial charge < -0.3 is 4.90 Å². The lowest BCUT2D eigenvalue weighted by molar-refractivity contribution is 0.867. The van der Waals surface area contributed by atoms with Crippen LogP contribution in [-0.4, -0.2) is 45.4 Å². The van der Waals surface area contributed by atoms with Crippen LogP contribution in [0.25, 0.3) is 17.0 Å². The first kappa shape index (κ1) is 13.4. The van der Waals surface area contributed by atoms with Gasteiger partial charge in [-0.3, -0.25) is 0 Å². The van der Waals surface area contributed by atoms with E-state index in [1.807, 2.05) is 39.9 Å². The summed E-state index contributed by atoms with van der Waals surface area (Å²) >= 11 is 3.48. The fourth-order valence-electron chi connectivity index (χ4n) is 1.90. The minimum atomic E-state index is 0.771. The molecule has 0 radical (unpaired) electrons. The van der Waals surface area contributed by atoms with E-state index in [1.165, 1.54) is 0 Å². The van der Waals surface area contributed by atoms with E-state index >= 15 is 0 Å². The Morgan fingerprint density at radius 1 is 1.30 bits per heavy atom. The van der Waals surface area contributed by atoms with Crippen LogP contribution < -0.4 is 4.90 Å². The number of hydrogen-bond donors (Lipinski definition) is 0. The van der Waals surface area contributed by atoms with Crippen LogP contribution in [0.4, 0.5) is 5.82 Å². The van der Waals surface area contributed by atoms with E-state index in [0.29, 0.717) is 0 Å². The van der Waals surface area contributed by atoms with Crippen molar-refractivity contribution in [3.63, 3.8) is 0 Å². The van der Waals surface area contributed by atoms with E-state index in [-0.39, 0.29) is 0 Å². The molecular formula is C13H15N5S2. The van der Waals surface area contributed by atoms with Gasteiger partial charge >= 0.3 is 0 Å². The Hall–Kier alpha value is -1.60. The Morgan fingerprint density at radius 3 is 2.95 bits per heavy atom. The molecule has 0 unspecified atom stereocenters. The first-order valence-corrected chi connectivity index (χ1v) is 8.58. The van der Waals surface area contributed by atoms with Gasteiger partial charge in [0, 0.05) is 30.3 Å². The molecule has 0 aliphatic heterocycles. The molecule has 3 heterocycles. The summed E-state index contributed by atoms with van der Waals surface area (Å²) in [5, 5.41) is 17.2. The smallest absolute Gasteiger partial charge is 0.186 e. The highest BCUT2D eigenvalue weighted by molar-refractivity contribution is 7.98. The molecule has 0 atom stereocenters. The van der Waals surface area contributed by atoms with E-state index in [4.69, 9.17) is 0 Å². The standard InChI is InChI=1S/C13H15N5S2/c1-17(6-8-19-2)12-4-3-11-14-15-13(18(11)16-12)10-5-7-20-9-10/h3-5,7,9H,6,8H2,1-2H3. The third-order valence-corrected chi connectivity index (χ3v) is 4.32. The zero-order valence-corrected chi connectivity index (χ0v) is 13.0. The van der Waals surface area contributed by atoms with Gasteiger partial charge in [-0.15, -0.1) is 15.3 Å². The van der Waals surface area contributed by atoms with Crippen LogP contribution in [0.15, 0.2) is 29.0 Å². The van der Waals surface area contributed by atoms with Gasteiger partial charge in [0.05, 0.1) is 0 Å². The third-order valence-electron chi connectivity index (χ3n) is 3.05. The van der Waals surface area contributed by atoms with Crippen LogP contribution >= 0.6 is 23.1 Å². The number of rotatable bonds is 5. The van der Waals surface area contributed by atoms with Crippen LogP contribution in [0.5, 0.6) is 0 Å². The van der Waals surface area contributed by atoms with Crippen LogP contribution in [0.3, 0.4) is 0 Å². The summed E-state index contributed by atoms with van der Waals surface area (Å²) in [7, 11) is 2.05. The fourth-order valence-corrected chi connectivity index (χ4v) is 2.99. The molecule has 0 fully saturated rings. The molecule has 7 heteroatoms. The molecule has 5 nitrogen and oxygen atoms in total. The van der Waals surface area contributed by atoms with Crippen molar-refractivity contribution >= 4 is 34.6 Å². The Morgan fingerprint density at radius 2 is 2.20 bits per heavy atom. The monoisotopic (exact) mass is 305 g/mol. The Bertz CT molecular complexity index is 692. The summed E-state index contributed by atoms with van der Waals surface area (Å²) in [6.07, 6.45) is 2.11. The average molecular weight is 305 g/mol. The van der Waals surface area contributed by atoms with Gasteiger partial charge in [0.2, 0.25) is 0 Å². The summed E-state index contributed by atoms with van der Waals surface area (Å²) in [6.45, 7) is 0.968. The summed E-state index contributed by atoms with van der Waals surface area (Å²) in [6, 6.07) is 5.98. The molecule has 0 saturated heterocycles. The minimum Gasteiger partial charge on any atom is -0.357 e. The lowest BCUT2D eigenvalue weighted by Gasteiger charge is -2.17. The van der Waals surface area contributed by atoms with Crippen molar-refractivity contribution in [1.29, 1.82) is 0 Å². The summed E-state index contributed by atoms with van der Waals surface area (Å²) < 4.78 is 1.81. The Kier molecular flexibility index (Phi) is 3.88. The number of nitrogens with zero attached hydrogens (tertiary/aromatic N) is 5. The van der Waals surface area contributed by atoms with Crippen molar-refractivity contribution in [2.24, 2.45) is 0 Å². The number of fused-ring (bicyclic) bond motifs is 1. The lowest BCUT2D eigenvalue weighted by Crippen LogP contribution is -2.22. The third kappa shape index (κ3) is 2.51. The molecule has 3 rings (SSSR count). The van der Waals surface area contributed by atoms with Crippen molar-refractivity contribution in [2.45, 2.75) is 0 Å². The highest BCUT2D eigenvalue weighted by Gasteiger charge is 2.11. The molecule has 0 aliphatic carbocycles. The molecular weight excluding hydrogens is 290 g/mol. The maximum absolute atomic E-state index is 4.66.